The van der Waals surface area contributed by atoms with E-state index in [2.05, 4.69) is 17.1 Å². The largest absolute Gasteiger partial charge is 0.341 e. The minimum atomic E-state index is -0.129. The van der Waals surface area contributed by atoms with Gasteiger partial charge in [0.2, 0.25) is 5.91 Å². The molecule has 1 amide bonds. The van der Waals surface area contributed by atoms with Gasteiger partial charge < -0.3 is 4.90 Å². The van der Waals surface area contributed by atoms with Crippen molar-refractivity contribution in [2.75, 3.05) is 13.1 Å². The number of likely N-dealkylation sites (tertiary alicyclic amines) is 1. The molecule has 0 bridgehead atoms. The van der Waals surface area contributed by atoms with Crippen molar-refractivity contribution in [3.05, 3.63) is 63.8 Å². The first-order valence-corrected chi connectivity index (χ1v) is 8.91. The highest BCUT2D eigenvalue weighted by Crippen LogP contribution is 2.26. The molecule has 25 heavy (non-hydrogen) atoms. The van der Waals surface area contributed by atoms with Crippen molar-refractivity contribution >= 4 is 5.91 Å². The molecule has 0 N–H and O–H groups in total. The summed E-state index contributed by atoms with van der Waals surface area (Å²) in [5, 5.41) is 0. The molecule has 0 radical (unpaired) electrons. The van der Waals surface area contributed by atoms with Crippen molar-refractivity contribution in [1.29, 1.82) is 0 Å². The third-order valence-corrected chi connectivity index (χ3v) is 5.12. The predicted molar refractivity (Wildman–Crippen MR) is 97.6 cm³/mol. The number of carbonyl (C=O) groups is 1. The Morgan fingerprint density at radius 2 is 1.96 bits per heavy atom. The molecule has 1 aliphatic rings. The second kappa shape index (κ2) is 7.64. The van der Waals surface area contributed by atoms with Crippen molar-refractivity contribution < 1.29 is 4.79 Å². The van der Waals surface area contributed by atoms with Crippen LogP contribution in [0.1, 0.15) is 42.0 Å². The molecule has 1 atom stereocenters. The van der Waals surface area contributed by atoms with Gasteiger partial charge in [0.15, 0.2) is 0 Å². The molecule has 1 aromatic carbocycles. The van der Waals surface area contributed by atoms with Gasteiger partial charge >= 0.3 is 0 Å². The molecule has 2 heterocycles. The Morgan fingerprint density at radius 3 is 2.72 bits per heavy atom. The lowest BCUT2D eigenvalue weighted by Gasteiger charge is -2.25. The number of carbonyl (C=O) groups excluding carboxylic acids is 1. The Morgan fingerprint density at radius 1 is 1.20 bits per heavy atom. The molecular weight excluding hydrogens is 314 g/mol. The topological polar surface area (TPSA) is 55.2 Å². The van der Waals surface area contributed by atoms with E-state index in [0.29, 0.717) is 17.2 Å². The molecule has 1 aliphatic heterocycles. The quantitative estimate of drug-likeness (QED) is 0.864. The van der Waals surface area contributed by atoms with Crippen molar-refractivity contribution in [3.8, 4) is 0 Å². The molecule has 2 aromatic rings. The van der Waals surface area contributed by atoms with Gasteiger partial charge in [-0.3, -0.25) is 14.2 Å². The molecule has 0 unspecified atom stereocenters. The summed E-state index contributed by atoms with van der Waals surface area (Å²) in [5.41, 5.74) is 2.48. The van der Waals surface area contributed by atoms with E-state index in [0.717, 1.165) is 32.4 Å². The standard InChI is InChI=1S/C20H25N3O2/c1-15-16(2)21-14-23(20(15)25)13-19(24)22-11-7-6-10-18(12-22)17-8-4-3-5-9-17/h3-5,8-9,14,18H,6-7,10-13H2,1-2H3/t18-/m1/s1. The highest BCUT2D eigenvalue weighted by atomic mass is 16.2. The zero-order valence-corrected chi connectivity index (χ0v) is 14.9. The Balaban J connectivity index is 1.75. The molecular formula is C20H25N3O2. The van der Waals surface area contributed by atoms with Crippen molar-refractivity contribution in [3.63, 3.8) is 0 Å². The maximum absolute atomic E-state index is 12.8. The van der Waals surface area contributed by atoms with E-state index in [1.807, 2.05) is 30.0 Å². The zero-order chi connectivity index (χ0) is 17.8. The first-order chi connectivity index (χ1) is 12.1. The molecule has 1 saturated heterocycles. The molecule has 1 fully saturated rings. The van der Waals surface area contributed by atoms with Gasteiger partial charge in [0.05, 0.1) is 6.33 Å². The van der Waals surface area contributed by atoms with Crippen molar-refractivity contribution in [1.82, 2.24) is 14.5 Å². The smallest absolute Gasteiger partial charge is 0.256 e. The highest BCUT2D eigenvalue weighted by molar-refractivity contribution is 5.76. The van der Waals surface area contributed by atoms with Gasteiger partial charge in [-0.05, 0) is 32.3 Å². The lowest BCUT2D eigenvalue weighted by atomic mass is 9.94. The summed E-state index contributed by atoms with van der Waals surface area (Å²) < 4.78 is 1.42. The van der Waals surface area contributed by atoms with Gasteiger partial charge in [-0.25, -0.2) is 4.98 Å². The normalized spacial score (nSPS) is 18.0. The zero-order valence-electron chi connectivity index (χ0n) is 14.9. The van der Waals surface area contributed by atoms with E-state index in [1.165, 1.54) is 16.5 Å². The van der Waals surface area contributed by atoms with Crippen LogP contribution < -0.4 is 5.56 Å². The van der Waals surface area contributed by atoms with Gasteiger partial charge in [-0.2, -0.15) is 0 Å². The number of aryl methyl sites for hydroxylation is 1. The summed E-state index contributed by atoms with van der Waals surface area (Å²) in [5.74, 6) is 0.359. The molecule has 0 saturated carbocycles. The Kier molecular flexibility index (Phi) is 5.31. The van der Waals surface area contributed by atoms with Crippen LogP contribution >= 0.6 is 0 Å². The summed E-state index contributed by atoms with van der Waals surface area (Å²) in [6.07, 6.45) is 4.71. The molecule has 0 aliphatic carbocycles. The Labute approximate surface area is 148 Å². The van der Waals surface area contributed by atoms with Gasteiger partial charge in [-0.1, -0.05) is 36.8 Å². The molecule has 3 rings (SSSR count). The minimum Gasteiger partial charge on any atom is -0.341 e. The fraction of sp³-hybridized carbons (Fsp3) is 0.450. The second-order valence-electron chi connectivity index (χ2n) is 6.83. The van der Waals surface area contributed by atoms with Crippen LogP contribution in [0.4, 0.5) is 0 Å². The maximum Gasteiger partial charge on any atom is 0.256 e. The van der Waals surface area contributed by atoms with Crippen LogP contribution in [-0.4, -0.2) is 33.4 Å². The van der Waals surface area contributed by atoms with Gasteiger partial charge in [0, 0.05) is 30.3 Å². The van der Waals surface area contributed by atoms with Crippen molar-refractivity contribution in [2.24, 2.45) is 0 Å². The summed E-state index contributed by atoms with van der Waals surface area (Å²) in [4.78, 5) is 31.2. The van der Waals surface area contributed by atoms with Crippen LogP contribution in [0.25, 0.3) is 0 Å². The monoisotopic (exact) mass is 339 g/mol. The van der Waals surface area contributed by atoms with E-state index >= 15 is 0 Å². The summed E-state index contributed by atoms with van der Waals surface area (Å²) in [7, 11) is 0. The summed E-state index contributed by atoms with van der Waals surface area (Å²) in [6, 6.07) is 10.4. The van der Waals surface area contributed by atoms with E-state index in [1.54, 1.807) is 6.92 Å². The number of benzene rings is 1. The number of rotatable bonds is 3. The van der Waals surface area contributed by atoms with E-state index in [4.69, 9.17) is 0 Å². The van der Waals surface area contributed by atoms with Crippen molar-refractivity contribution in [2.45, 2.75) is 45.6 Å². The van der Waals surface area contributed by atoms with E-state index in [9.17, 15) is 9.59 Å². The first kappa shape index (κ1) is 17.4. The SMILES string of the molecule is Cc1ncn(CC(=O)N2CCCC[C@@H](c3ccccc3)C2)c(=O)c1C. The fourth-order valence-corrected chi connectivity index (χ4v) is 3.40. The Bertz CT molecular complexity index is 798. The number of amides is 1. The predicted octanol–water partition coefficient (Wildman–Crippen LogP) is 2.66. The summed E-state index contributed by atoms with van der Waals surface area (Å²) >= 11 is 0. The molecule has 1 aromatic heterocycles. The lowest BCUT2D eigenvalue weighted by molar-refractivity contribution is -0.132. The van der Waals surface area contributed by atoms with Crippen LogP contribution in [0.5, 0.6) is 0 Å². The highest BCUT2D eigenvalue weighted by Gasteiger charge is 2.23. The summed E-state index contributed by atoms with van der Waals surface area (Å²) in [6.45, 7) is 5.10. The van der Waals surface area contributed by atoms with Crippen LogP contribution in [0, 0.1) is 13.8 Å². The number of nitrogens with zero attached hydrogens (tertiary/aromatic N) is 3. The van der Waals surface area contributed by atoms with Crippen LogP contribution in [0.2, 0.25) is 0 Å². The Hall–Kier alpha value is -2.43. The lowest BCUT2D eigenvalue weighted by Crippen LogP contribution is -2.39. The fourth-order valence-electron chi connectivity index (χ4n) is 3.40. The minimum absolute atomic E-state index is 0.00464. The van der Waals surface area contributed by atoms with E-state index in [-0.39, 0.29) is 18.0 Å². The van der Waals surface area contributed by atoms with Gasteiger partial charge in [0.1, 0.15) is 6.54 Å². The van der Waals surface area contributed by atoms with Gasteiger partial charge in [-0.15, -0.1) is 0 Å². The average Bonchev–Trinajstić information content (AvgIpc) is 2.89. The average molecular weight is 339 g/mol. The van der Waals surface area contributed by atoms with Crippen LogP contribution in [0.15, 0.2) is 41.5 Å². The first-order valence-electron chi connectivity index (χ1n) is 8.91. The molecule has 5 heteroatoms. The second-order valence-corrected chi connectivity index (χ2v) is 6.83. The van der Waals surface area contributed by atoms with Crippen LogP contribution in [0.3, 0.4) is 0 Å². The van der Waals surface area contributed by atoms with Crippen LogP contribution in [-0.2, 0) is 11.3 Å². The number of hydrogen-bond acceptors (Lipinski definition) is 3. The third-order valence-electron chi connectivity index (χ3n) is 5.12. The molecule has 0 spiro atoms. The van der Waals surface area contributed by atoms with Gasteiger partial charge in [0.25, 0.3) is 5.56 Å². The van der Waals surface area contributed by atoms with E-state index < -0.39 is 0 Å². The number of aromatic nitrogens is 2. The number of hydrogen-bond donors (Lipinski definition) is 0. The maximum atomic E-state index is 12.8. The molecule has 5 nitrogen and oxygen atoms in total. The third kappa shape index (κ3) is 3.98. The molecule has 132 valence electrons.